The maximum Gasteiger partial charge on any atom is 0.305 e. The molecule has 0 amide bonds. The number of benzene rings is 1. The fourth-order valence-corrected chi connectivity index (χ4v) is 1.77. The summed E-state index contributed by atoms with van der Waals surface area (Å²) in [7, 11) is 0. The Morgan fingerprint density at radius 1 is 1.35 bits per heavy atom. The molecule has 0 aliphatic rings. The van der Waals surface area contributed by atoms with Crippen molar-refractivity contribution in [2.45, 2.75) is 19.9 Å². The molecular formula is C13H14N2O2. The Morgan fingerprint density at radius 3 is 2.71 bits per heavy atom. The highest BCUT2D eigenvalue weighted by atomic mass is 16.4. The zero-order valence-corrected chi connectivity index (χ0v) is 9.63. The summed E-state index contributed by atoms with van der Waals surface area (Å²) in [6, 6.07) is 9.96. The molecule has 0 radical (unpaired) electrons. The Kier molecular flexibility index (Phi) is 3.23. The van der Waals surface area contributed by atoms with Crippen molar-refractivity contribution in [2.24, 2.45) is 0 Å². The van der Waals surface area contributed by atoms with Crippen molar-refractivity contribution >= 4 is 5.97 Å². The van der Waals surface area contributed by atoms with Crippen molar-refractivity contribution in [3.05, 3.63) is 42.2 Å². The molecule has 4 heteroatoms. The fourth-order valence-electron chi connectivity index (χ4n) is 1.77. The first-order chi connectivity index (χ1) is 8.18. The number of hydrogen-bond acceptors (Lipinski definition) is 2. The predicted octanol–water partition coefficient (Wildman–Crippen LogP) is 2.33. The maximum absolute atomic E-state index is 10.5. The van der Waals surface area contributed by atoms with Crippen LogP contribution in [0.4, 0.5) is 0 Å². The zero-order valence-electron chi connectivity index (χ0n) is 9.63. The van der Waals surface area contributed by atoms with E-state index in [0.29, 0.717) is 6.54 Å². The molecule has 88 valence electrons. The minimum absolute atomic E-state index is 0.0940. The molecule has 2 aromatic rings. The van der Waals surface area contributed by atoms with Crippen LogP contribution in [0, 0.1) is 6.92 Å². The number of carbonyl (C=O) groups is 1. The summed E-state index contributed by atoms with van der Waals surface area (Å²) in [6.45, 7) is 2.37. The molecule has 0 saturated heterocycles. The number of carboxylic acids is 1. The van der Waals surface area contributed by atoms with Crippen molar-refractivity contribution < 1.29 is 9.90 Å². The van der Waals surface area contributed by atoms with Gasteiger partial charge in [0, 0.05) is 11.3 Å². The third kappa shape index (κ3) is 2.53. The first kappa shape index (κ1) is 11.4. The number of hydrogen-bond donors (Lipinski definition) is 1. The molecule has 0 bridgehead atoms. The van der Waals surface area contributed by atoms with E-state index < -0.39 is 5.97 Å². The van der Waals surface area contributed by atoms with E-state index >= 15 is 0 Å². The third-order valence-electron chi connectivity index (χ3n) is 2.73. The van der Waals surface area contributed by atoms with Gasteiger partial charge in [-0.1, -0.05) is 30.3 Å². The monoisotopic (exact) mass is 230 g/mol. The van der Waals surface area contributed by atoms with Crippen LogP contribution in [0.2, 0.25) is 0 Å². The lowest BCUT2D eigenvalue weighted by Gasteiger charge is -2.03. The van der Waals surface area contributed by atoms with Gasteiger partial charge < -0.3 is 5.11 Å². The number of aliphatic carboxylic acids is 1. The Bertz CT molecular complexity index is 517. The van der Waals surface area contributed by atoms with E-state index in [-0.39, 0.29) is 6.42 Å². The molecule has 0 aliphatic carbocycles. The molecule has 4 nitrogen and oxygen atoms in total. The second-order valence-electron chi connectivity index (χ2n) is 3.88. The lowest BCUT2D eigenvalue weighted by Crippen LogP contribution is -2.07. The van der Waals surface area contributed by atoms with Gasteiger partial charge in [-0.2, -0.15) is 5.10 Å². The van der Waals surface area contributed by atoms with Gasteiger partial charge in [-0.25, -0.2) is 0 Å². The first-order valence-corrected chi connectivity index (χ1v) is 5.48. The Labute approximate surface area is 99.5 Å². The molecule has 0 saturated carbocycles. The van der Waals surface area contributed by atoms with Crippen LogP contribution in [0.3, 0.4) is 0 Å². The van der Waals surface area contributed by atoms with Crippen LogP contribution in [0.15, 0.2) is 36.5 Å². The highest BCUT2D eigenvalue weighted by Gasteiger charge is 2.08. The number of rotatable bonds is 4. The average molecular weight is 230 g/mol. The second kappa shape index (κ2) is 4.82. The van der Waals surface area contributed by atoms with Gasteiger partial charge in [0.05, 0.1) is 19.2 Å². The van der Waals surface area contributed by atoms with Gasteiger partial charge in [-0.3, -0.25) is 9.48 Å². The van der Waals surface area contributed by atoms with Crippen LogP contribution in [0.5, 0.6) is 0 Å². The van der Waals surface area contributed by atoms with Gasteiger partial charge in [0.2, 0.25) is 0 Å². The Morgan fingerprint density at radius 2 is 2.06 bits per heavy atom. The normalized spacial score (nSPS) is 10.4. The molecular weight excluding hydrogens is 216 g/mol. The third-order valence-corrected chi connectivity index (χ3v) is 2.73. The number of nitrogens with zero attached hydrogens (tertiary/aromatic N) is 2. The topological polar surface area (TPSA) is 55.1 Å². The molecule has 1 heterocycles. The number of aromatic nitrogens is 2. The molecule has 0 aliphatic heterocycles. The lowest BCUT2D eigenvalue weighted by atomic mass is 10.1. The molecule has 2 rings (SSSR count). The van der Waals surface area contributed by atoms with Crippen molar-refractivity contribution in [3.8, 4) is 11.1 Å². The largest absolute Gasteiger partial charge is 0.481 e. The van der Waals surface area contributed by atoms with Gasteiger partial charge in [0.1, 0.15) is 0 Å². The molecule has 0 unspecified atom stereocenters. The van der Waals surface area contributed by atoms with E-state index in [1.165, 1.54) is 0 Å². The summed E-state index contributed by atoms with van der Waals surface area (Å²) in [5.74, 6) is -0.804. The Hall–Kier alpha value is -2.10. The van der Waals surface area contributed by atoms with E-state index in [1.54, 1.807) is 10.9 Å². The van der Waals surface area contributed by atoms with Crippen LogP contribution in [-0.4, -0.2) is 20.9 Å². The van der Waals surface area contributed by atoms with E-state index in [4.69, 9.17) is 5.11 Å². The summed E-state index contributed by atoms with van der Waals surface area (Å²) in [4.78, 5) is 10.5. The fraction of sp³-hybridized carbons (Fsp3) is 0.231. The van der Waals surface area contributed by atoms with Crippen LogP contribution in [-0.2, 0) is 11.3 Å². The molecule has 17 heavy (non-hydrogen) atoms. The van der Waals surface area contributed by atoms with E-state index in [9.17, 15) is 4.79 Å². The SMILES string of the molecule is Cc1c(-c2ccccc2)cnn1CCC(=O)O. The van der Waals surface area contributed by atoms with Gasteiger partial charge in [-0.15, -0.1) is 0 Å². The van der Waals surface area contributed by atoms with Crippen LogP contribution >= 0.6 is 0 Å². The average Bonchev–Trinajstić information content (AvgIpc) is 2.69. The van der Waals surface area contributed by atoms with E-state index in [0.717, 1.165) is 16.8 Å². The van der Waals surface area contributed by atoms with Crippen molar-refractivity contribution in [1.29, 1.82) is 0 Å². The smallest absolute Gasteiger partial charge is 0.305 e. The molecule has 0 spiro atoms. The Balaban J connectivity index is 2.24. The number of aryl methyl sites for hydroxylation is 1. The summed E-state index contributed by atoms with van der Waals surface area (Å²) >= 11 is 0. The van der Waals surface area contributed by atoms with Crippen LogP contribution in [0.25, 0.3) is 11.1 Å². The van der Waals surface area contributed by atoms with Crippen molar-refractivity contribution in [1.82, 2.24) is 9.78 Å². The highest BCUT2D eigenvalue weighted by Crippen LogP contribution is 2.22. The predicted molar refractivity (Wildman–Crippen MR) is 64.7 cm³/mol. The second-order valence-corrected chi connectivity index (χ2v) is 3.88. The summed E-state index contributed by atoms with van der Waals surface area (Å²) in [6.07, 6.45) is 1.88. The van der Waals surface area contributed by atoms with Crippen molar-refractivity contribution in [2.75, 3.05) is 0 Å². The zero-order chi connectivity index (χ0) is 12.3. The van der Waals surface area contributed by atoms with E-state index in [1.807, 2.05) is 37.3 Å². The quantitative estimate of drug-likeness (QED) is 0.877. The molecule has 0 fully saturated rings. The highest BCUT2D eigenvalue weighted by molar-refractivity contribution is 5.67. The van der Waals surface area contributed by atoms with Crippen LogP contribution in [0.1, 0.15) is 12.1 Å². The molecule has 1 N–H and O–H groups in total. The minimum atomic E-state index is -0.804. The minimum Gasteiger partial charge on any atom is -0.481 e. The van der Waals surface area contributed by atoms with E-state index in [2.05, 4.69) is 5.10 Å². The van der Waals surface area contributed by atoms with Gasteiger partial charge >= 0.3 is 5.97 Å². The maximum atomic E-state index is 10.5. The molecule has 1 aromatic carbocycles. The van der Waals surface area contributed by atoms with Crippen molar-refractivity contribution in [3.63, 3.8) is 0 Å². The van der Waals surface area contributed by atoms with Gasteiger partial charge in [0.15, 0.2) is 0 Å². The number of carboxylic acid groups (broad SMARTS) is 1. The lowest BCUT2D eigenvalue weighted by molar-refractivity contribution is -0.137. The summed E-state index contributed by atoms with van der Waals surface area (Å²) in [5.41, 5.74) is 3.15. The summed E-state index contributed by atoms with van der Waals surface area (Å²) in [5, 5.41) is 12.9. The standard InChI is InChI=1S/C13H14N2O2/c1-10-12(11-5-3-2-4-6-11)9-14-15(10)8-7-13(16)17/h2-6,9H,7-8H2,1H3,(H,16,17). The summed E-state index contributed by atoms with van der Waals surface area (Å²) < 4.78 is 1.73. The van der Waals surface area contributed by atoms with Crippen LogP contribution < -0.4 is 0 Å². The molecule has 1 aromatic heterocycles. The van der Waals surface area contributed by atoms with Gasteiger partial charge in [0.25, 0.3) is 0 Å². The first-order valence-electron chi connectivity index (χ1n) is 5.48. The molecule has 0 atom stereocenters. The van der Waals surface area contributed by atoms with Gasteiger partial charge in [-0.05, 0) is 12.5 Å².